The van der Waals surface area contributed by atoms with Crippen molar-refractivity contribution in [2.75, 3.05) is 22.9 Å². The van der Waals surface area contributed by atoms with Crippen LogP contribution >= 0.6 is 11.8 Å². The molecule has 0 aliphatic heterocycles. The SMILES string of the molecule is CC(C)CN(C(=O)CSc1nccn1C)c1c(N)n(Cc2ccccc2)c(=O)[nH]c1=O. The number of benzene rings is 1. The molecule has 0 bridgehead atoms. The lowest BCUT2D eigenvalue weighted by Crippen LogP contribution is -2.43. The number of amides is 1. The molecule has 3 rings (SSSR count). The van der Waals surface area contributed by atoms with Crippen LogP contribution in [0.15, 0.2) is 57.5 Å². The van der Waals surface area contributed by atoms with Gasteiger partial charge < -0.3 is 15.2 Å². The van der Waals surface area contributed by atoms with Gasteiger partial charge in [-0.05, 0) is 11.5 Å². The van der Waals surface area contributed by atoms with Crippen LogP contribution in [0.5, 0.6) is 0 Å². The molecule has 0 atom stereocenters. The molecule has 0 saturated carbocycles. The van der Waals surface area contributed by atoms with E-state index in [1.807, 2.05) is 55.8 Å². The fourth-order valence-electron chi connectivity index (χ4n) is 3.14. The zero-order chi connectivity index (χ0) is 22.5. The summed E-state index contributed by atoms with van der Waals surface area (Å²) in [5, 5.41) is 0.689. The van der Waals surface area contributed by atoms with Gasteiger partial charge in [-0.3, -0.25) is 19.1 Å². The number of aromatic amines is 1. The number of rotatable bonds is 8. The number of carbonyl (C=O) groups is 1. The van der Waals surface area contributed by atoms with Gasteiger partial charge in [0.05, 0.1) is 12.3 Å². The molecule has 31 heavy (non-hydrogen) atoms. The Morgan fingerprint density at radius 2 is 1.97 bits per heavy atom. The minimum absolute atomic E-state index is 0.00493. The summed E-state index contributed by atoms with van der Waals surface area (Å²) >= 11 is 1.27. The third kappa shape index (κ3) is 5.26. The number of imidazole rings is 1. The van der Waals surface area contributed by atoms with E-state index in [0.29, 0.717) is 5.16 Å². The number of aryl methyl sites for hydroxylation is 1. The van der Waals surface area contributed by atoms with Crippen LogP contribution in [-0.2, 0) is 18.4 Å². The molecule has 2 heterocycles. The number of carbonyl (C=O) groups excluding carboxylic acids is 1. The molecule has 0 radical (unpaired) electrons. The third-order valence-electron chi connectivity index (χ3n) is 4.62. The van der Waals surface area contributed by atoms with Crippen molar-refractivity contribution in [3.05, 3.63) is 69.1 Å². The summed E-state index contributed by atoms with van der Waals surface area (Å²) in [5.74, 6) is -0.165. The number of thioether (sulfide) groups is 1. The second kappa shape index (κ2) is 9.69. The zero-order valence-electron chi connectivity index (χ0n) is 17.7. The molecule has 0 unspecified atom stereocenters. The van der Waals surface area contributed by atoms with Crippen LogP contribution in [0.1, 0.15) is 19.4 Å². The van der Waals surface area contributed by atoms with Gasteiger partial charge in [0, 0.05) is 26.0 Å². The van der Waals surface area contributed by atoms with Crippen molar-refractivity contribution >= 4 is 29.2 Å². The standard InChI is InChI=1S/C21H26N6O3S/c1-14(2)11-26(16(28)13-31-21-23-9-10-25(21)3)17-18(22)27(20(30)24-19(17)29)12-15-7-5-4-6-8-15/h4-10,14H,11-13,22H2,1-3H3,(H,24,29,30). The van der Waals surface area contributed by atoms with Crippen LogP contribution in [0.25, 0.3) is 0 Å². The maximum Gasteiger partial charge on any atom is 0.330 e. The molecule has 1 aromatic carbocycles. The van der Waals surface area contributed by atoms with E-state index < -0.39 is 11.2 Å². The van der Waals surface area contributed by atoms with Crippen molar-refractivity contribution in [3.63, 3.8) is 0 Å². The summed E-state index contributed by atoms with van der Waals surface area (Å²) in [6.07, 6.45) is 3.45. The molecule has 164 valence electrons. The van der Waals surface area contributed by atoms with Gasteiger partial charge in [-0.1, -0.05) is 55.9 Å². The van der Waals surface area contributed by atoms with Crippen molar-refractivity contribution in [1.29, 1.82) is 0 Å². The first kappa shape index (κ1) is 22.4. The molecule has 9 nitrogen and oxygen atoms in total. The summed E-state index contributed by atoms with van der Waals surface area (Å²) in [7, 11) is 1.84. The molecule has 10 heteroatoms. The zero-order valence-corrected chi connectivity index (χ0v) is 18.6. The predicted molar refractivity (Wildman–Crippen MR) is 122 cm³/mol. The van der Waals surface area contributed by atoms with Crippen molar-refractivity contribution < 1.29 is 4.79 Å². The number of nitrogens with zero attached hydrogens (tertiary/aromatic N) is 4. The van der Waals surface area contributed by atoms with Crippen LogP contribution in [-0.4, -0.2) is 37.3 Å². The quantitative estimate of drug-likeness (QED) is 0.513. The summed E-state index contributed by atoms with van der Waals surface area (Å²) in [6.45, 7) is 4.35. The Hall–Kier alpha value is -3.27. The fraction of sp³-hybridized carbons (Fsp3) is 0.333. The normalized spacial score (nSPS) is 11.1. The summed E-state index contributed by atoms with van der Waals surface area (Å²) in [6, 6.07) is 9.30. The van der Waals surface area contributed by atoms with Gasteiger partial charge in [0.25, 0.3) is 5.56 Å². The molecule has 0 saturated heterocycles. The second-order valence-corrected chi connectivity index (χ2v) is 8.51. The van der Waals surface area contributed by atoms with Gasteiger partial charge in [0.1, 0.15) is 5.82 Å². The number of nitrogen functional groups attached to an aromatic ring is 1. The number of hydrogen-bond donors (Lipinski definition) is 2. The third-order valence-corrected chi connectivity index (χ3v) is 5.66. The molecular formula is C21H26N6O3S. The van der Waals surface area contributed by atoms with E-state index in [1.165, 1.54) is 21.2 Å². The van der Waals surface area contributed by atoms with E-state index in [0.717, 1.165) is 5.56 Å². The van der Waals surface area contributed by atoms with Crippen LogP contribution < -0.4 is 21.9 Å². The summed E-state index contributed by atoms with van der Waals surface area (Å²) in [4.78, 5) is 46.2. The number of nitrogens with one attached hydrogen (secondary N) is 1. The number of H-pyrrole nitrogens is 1. The molecule has 0 fully saturated rings. The lowest BCUT2D eigenvalue weighted by atomic mass is 10.2. The van der Waals surface area contributed by atoms with E-state index in [9.17, 15) is 14.4 Å². The van der Waals surface area contributed by atoms with E-state index in [4.69, 9.17) is 5.73 Å². The Bertz CT molecular complexity index is 1170. The Kier molecular flexibility index (Phi) is 7.01. The number of anilines is 2. The first-order valence-corrected chi connectivity index (χ1v) is 10.8. The number of aromatic nitrogens is 4. The highest BCUT2D eigenvalue weighted by Gasteiger charge is 2.25. The van der Waals surface area contributed by atoms with E-state index in [1.54, 1.807) is 12.4 Å². The number of nitrogens with two attached hydrogens (primary N) is 1. The first-order chi connectivity index (χ1) is 14.8. The maximum absolute atomic E-state index is 13.1. The Labute approximate surface area is 183 Å². The molecule has 0 aliphatic rings. The van der Waals surface area contributed by atoms with E-state index >= 15 is 0 Å². The lowest BCUT2D eigenvalue weighted by Gasteiger charge is -2.26. The fourth-order valence-corrected chi connectivity index (χ4v) is 3.95. The molecule has 0 aliphatic carbocycles. The van der Waals surface area contributed by atoms with Crippen LogP contribution in [0.2, 0.25) is 0 Å². The molecule has 1 amide bonds. The van der Waals surface area contributed by atoms with Crippen LogP contribution in [0.4, 0.5) is 11.5 Å². The van der Waals surface area contributed by atoms with Crippen molar-refractivity contribution in [1.82, 2.24) is 19.1 Å². The molecular weight excluding hydrogens is 416 g/mol. The van der Waals surface area contributed by atoms with Crippen LogP contribution in [0, 0.1) is 5.92 Å². The van der Waals surface area contributed by atoms with Gasteiger partial charge in [0.2, 0.25) is 5.91 Å². The molecule has 3 N–H and O–H groups in total. The monoisotopic (exact) mass is 442 g/mol. The highest BCUT2D eigenvalue weighted by Crippen LogP contribution is 2.22. The van der Waals surface area contributed by atoms with Crippen molar-refractivity contribution in [2.24, 2.45) is 13.0 Å². The van der Waals surface area contributed by atoms with Gasteiger partial charge >= 0.3 is 5.69 Å². The molecule has 2 aromatic heterocycles. The summed E-state index contributed by atoms with van der Waals surface area (Å²) < 4.78 is 3.09. The van der Waals surface area contributed by atoms with E-state index in [-0.39, 0.29) is 42.2 Å². The van der Waals surface area contributed by atoms with E-state index in [2.05, 4.69) is 9.97 Å². The van der Waals surface area contributed by atoms with Crippen molar-refractivity contribution in [2.45, 2.75) is 25.5 Å². The maximum atomic E-state index is 13.1. The van der Waals surface area contributed by atoms with Gasteiger partial charge in [0.15, 0.2) is 10.8 Å². The lowest BCUT2D eigenvalue weighted by molar-refractivity contribution is -0.116. The minimum atomic E-state index is -0.678. The Morgan fingerprint density at radius 3 is 2.58 bits per heavy atom. The summed E-state index contributed by atoms with van der Waals surface area (Å²) in [5.41, 5.74) is 5.84. The van der Waals surface area contributed by atoms with Crippen molar-refractivity contribution in [3.8, 4) is 0 Å². The predicted octanol–water partition coefficient (Wildman–Crippen LogP) is 1.68. The first-order valence-electron chi connectivity index (χ1n) is 9.85. The Morgan fingerprint density at radius 1 is 1.26 bits per heavy atom. The van der Waals surface area contributed by atoms with Gasteiger partial charge in [-0.25, -0.2) is 9.78 Å². The largest absolute Gasteiger partial charge is 0.383 e. The second-order valence-electron chi connectivity index (χ2n) is 7.57. The minimum Gasteiger partial charge on any atom is -0.383 e. The average Bonchev–Trinajstić information content (AvgIpc) is 3.13. The average molecular weight is 443 g/mol. The topological polar surface area (TPSA) is 119 Å². The van der Waals surface area contributed by atoms with Gasteiger partial charge in [-0.15, -0.1) is 0 Å². The molecule has 3 aromatic rings. The van der Waals surface area contributed by atoms with Crippen LogP contribution in [0.3, 0.4) is 0 Å². The van der Waals surface area contributed by atoms with Gasteiger partial charge in [-0.2, -0.15) is 0 Å². The Balaban J connectivity index is 1.97. The smallest absolute Gasteiger partial charge is 0.330 e. The highest BCUT2D eigenvalue weighted by atomic mass is 32.2. The highest BCUT2D eigenvalue weighted by molar-refractivity contribution is 7.99. The number of hydrogen-bond acceptors (Lipinski definition) is 6. The molecule has 0 spiro atoms.